The lowest BCUT2D eigenvalue weighted by Crippen LogP contribution is -2.25. The van der Waals surface area contributed by atoms with Gasteiger partial charge in [0.05, 0.1) is 12.2 Å². The Kier molecular flexibility index (Phi) is 17.7. The lowest BCUT2D eigenvalue weighted by Gasteiger charge is -2.12. The van der Waals surface area contributed by atoms with Crippen LogP contribution in [0.3, 0.4) is 0 Å². The van der Waals surface area contributed by atoms with Gasteiger partial charge in [-0.05, 0) is 31.0 Å². The molecule has 178 valence electrons. The standard InChI is InChI=1S/C27H46BrNO2/c1-3-5-7-8-9-10-11-12-13-14-15-16-17-18-21-29-27(30)25-23-24(28)19-20-26(25)31-22-6-4-2/h19-20,23H,3-18,21-22H2,1-2H3,(H,29,30). The molecule has 3 nitrogen and oxygen atoms in total. The molecule has 1 aromatic carbocycles. The van der Waals surface area contributed by atoms with E-state index >= 15 is 0 Å². The summed E-state index contributed by atoms with van der Waals surface area (Å²) in [6.45, 7) is 5.80. The number of amides is 1. The highest BCUT2D eigenvalue weighted by Gasteiger charge is 2.13. The number of unbranched alkanes of at least 4 members (excludes halogenated alkanes) is 14. The summed E-state index contributed by atoms with van der Waals surface area (Å²) >= 11 is 3.46. The minimum atomic E-state index is -0.0394. The molecule has 0 aliphatic heterocycles. The zero-order valence-corrected chi connectivity index (χ0v) is 21.7. The van der Waals surface area contributed by atoms with Crippen molar-refractivity contribution < 1.29 is 9.53 Å². The highest BCUT2D eigenvalue weighted by atomic mass is 79.9. The molecule has 0 fully saturated rings. The van der Waals surface area contributed by atoms with Crippen molar-refractivity contribution >= 4 is 21.8 Å². The third-order valence-electron chi connectivity index (χ3n) is 5.76. The van der Waals surface area contributed by atoms with Crippen LogP contribution in [0.1, 0.15) is 127 Å². The van der Waals surface area contributed by atoms with E-state index < -0.39 is 0 Å². The van der Waals surface area contributed by atoms with Crippen LogP contribution >= 0.6 is 15.9 Å². The number of ether oxygens (including phenoxy) is 1. The number of rotatable bonds is 20. The highest BCUT2D eigenvalue weighted by Crippen LogP contribution is 2.23. The molecule has 1 N–H and O–H groups in total. The molecule has 1 rings (SSSR count). The van der Waals surface area contributed by atoms with Crippen LogP contribution in [-0.4, -0.2) is 19.1 Å². The van der Waals surface area contributed by atoms with Gasteiger partial charge in [0.25, 0.3) is 5.91 Å². The van der Waals surface area contributed by atoms with Gasteiger partial charge in [-0.15, -0.1) is 0 Å². The smallest absolute Gasteiger partial charge is 0.255 e. The maximum absolute atomic E-state index is 12.6. The van der Waals surface area contributed by atoms with Crippen molar-refractivity contribution in [1.29, 1.82) is 0 Å². The zero-order chi connectivity index (χ0) is 22.6. The van der Waals surface area contributed by atoms with E-state index in [1.807, 2.05) is 18.2 Å². The maximum atomic E-state index is 12.6. The molecule has 1 amide bonds. The molecule has 0 saturated carbocycles. The van der Waals surface area contributed by atoms with Crippen LogP contribution in [-0.2, 0) is 0 Å². The molecule has 1 aromatic rings. The Morgan fingerprint density at radius 2 is 1.29 bits per heavy atom. The van der Waals surface area contributed by atoms with Crippen LogP contribution in [0.2, 0.25) is 0 Å². The Hall–Kier alpha value is -1.03. The fraction of sp³-hybridized carbons (Fsp3) is 0.741. The molecule has 0 atom stereocenters. The Morgan fingerprint density at radius 1 is 0.774 bits per heavy atom. The number of benzene rings is 1. The van der Waals surface area contributed by atoms with Crippen molar-refractivity contribution in [3.8, 4) is 5.75 Å². The Bertz CT molecular complexity index is 576. The van der Waals surface area contributed by atoms with Crippen molar-refractivity contribution in [2.24, 2.45) is 0 Å². The molecule has 0 unspecified atom stereocenters. The number of hydrogen-bond acceptors (Lipinski definition) is 2. The monoisotopic (exact) mass is 495 g/mol. The van der Waals surface area contributed by atoms with Gasteiger partial charge >= 0.3 is 0 Å². The van der Waals surface area contributed by atoms with Crippen molar-refractivity contribution in [2.45, 2.75) is 117 Å². The Labute approximate surface area is 200 Å². The summed E-state index contributed by atoms with van der Waals surface area (Å²) < 4.78 is 6.70. The van der Waals surface area contributed by atoms with Gasteiger partial charge in [-0.2, -0.15) is 0 Å². The third kappa shape index (κ3) is 14.6. The van der Waals surface area contributed by atoms with Crippen molar-refractivity contribution in [3.05, 3.63) is 28.2 Å². The number of hydrogen-bond donors (Lipinski definition) is 1. The lowest BCUT2D eigenvalue weighted by molar-refractivity contribution is 0.0948. The molecule has 0 aliphatic rings. The highest BCUT2D eigenvalue weighted by molar-refractivity contribution is 9.10. The van der Waals surface area contributed by atoms with Gasteiger partial charge < -0.3 is 10.1 Å². The molecule has 0 bridgehead atoms. The number of nitrogens with one attached hydrogen (secondary N) is 1. The number of carbonyl (C=O) groups is 1. The van der Waals surface area contributed by atoms with E-state index in [0.717, 1.165) is 30.3 Å². The molecular formula is C27H46BrNO2. The second-order valence-corrected chi connectivity index (χ2v) is 9.61. The second kappa shape index (κ2) is 19.6. The third-order valence-corrected chi connectivity index (χ3v) is 6.25. The SMILES string of the molecule is CCCCCCCCCCCCCCCCNC(=O)c1cc(Br)ccc1OCCCC. The molecule has 0 heterocycles. The van der Waals surface area contributed by atoms with Gasteiger partial charge in [0.1, 0.15) is 5.75 Å². The quantitative estimate of drug-likeness (QED) is 0.183. The van der Waals surface area contributed by atoms with Crippen LogP contribution in [0.5, 0.6) is 5.75 Å². The van der Waals surface area contributed by atoms with E-state index in [1.54, 1.807) is 0 Å². The summed E-state index contributed by atoms with van der Waals surface area (Å²) in [4.78, 5) is 12.6. The summed E-state index contributed by atoms with van der Waals surface area (Å²) in [5, 5.41) is 3.06. The van der Waals surface area contributed by atoms with Crippen LogP contribution in [0.25, 0.3) is 0 Å². The first-order chi connectivity index (χ1) is 15.2. The van der Waals surface area contributed by atoms with Gasteiger partial charge in [-0.3, -0.25) is 4.79 Å². The largest absolute Gasteiger partial charge is 0.493 e. The average Bonchev–Trinajstić information content (AvgIpc) is 2.77. The minimum Gasteiger partial charge on any atom is -0.493 e. The van der Waals surface area contributed by atoms with Crippen LogP contribution in [0.4, 0.5) is 0 Å². The van der Waals surface area contributed by atoms with Crippen molar-refractivity contribution in [2.75, 3.05) is 13.2 Å². The minimum absolute atomic E-state index is 0.0394. The Morgan fingerprint density at radius 3 is 1.84 bits per heavy atom. The first-order valence-corrected chi connectivity index (χ1v) is 13.7. The fourth-order valence-electron chi connectivity index (χ4n) is 3.75. The predicted octanol–water partition coefficient (Wildman–Crippen LogP) is 8.84. The lowest BCUT2D eigenvalue weighted by atomic mass is 10.0. The predicted molar refractivity (Wildman–Crippen MR) is 137 cm³/mol. The molecule has 0 aromatic heterocycles. The van der Waals surface area contributed by atoms with Crippen molar-refractivity contribution in [3.63, 3.8) is 0 Å². The van der Waals surface area contributed by atoms with E-state index in [-0.39, 0.29) is 5.91 Å². The first kappa shape index (κ1) is 28.0. The summed E-state index contributed by atoms with van der Waals surface area (Å²) in [6.07, 6.45) is 20.9. The van der Waals surface area contributed by atoms with Crippen molar-refractivity contribution in [1.82, 2.24) is 5.32 Å². The molecule has 0 radical (unpaired) electrons. The molecule has 0 saturated heterocycles. The summed E-state index contributed by atoms with van der Waals surface area (Å²) in [5.74, 6) is 0.637. The molecule has 0 aliphatic carbocycles. The zero-order valence-electron chi connectivity index (χ0n) is 20.2. The Balaban J connectivity index is 2.04. The normalized spacial score (nSPS) is 10.9. The maximum Gasteiger partial charge on any atom is 0.255 e. The van der Waals surface area contributed by atoms with E-state index in [2.05, 4.69) is 35.1 Å². The van der Waals surface area contributed by atoms with E-state index in [0.29, 0.717) is 17.9 Å². The van der Waals surface area contributed by atoms with Gasteiger partial charge in [-0.1, -0.05) is 120 Å². The van der Waals surface area contributed by atoms with Gasteiger partial charge in [0, 0.05) is 11.0 Å². The average molecular weight is 497 g/mol. The molecule has 0 spiro atoms. The molecule has 4 heteroatoms. The van der Waals surface area contributed by atoms with Gasteiger partial charge in [-0.25, -0.2) is 0 Å². The van der Waals surface area contributed by atoms with Crippen LogP contribution < -0.4 is 10.1 Å². The van der Waals surface area contributed by atoms with E-state index in [1.165, 1.54) is 83.5 Å². The first-order valence-electron chi connectivity index (χ1n) is 12.9. The summed E-state index contributed by atoms with van der Waals surface area (Å²) in [7, 11) is 0. The van der Waals surface area contributed by atoms with Gasteiger partial charge in [0.2, 0.25) is 0 Å². The summed E-state index contributed by atoms with van der Waals surface area (Å²) in [6, 6.07) is 5.65. The van der Waals surface area contributed by atoms with Crippen LogP contribution in [0.15, 0.2) is 22.7 Å². The second-order valence-electron chi connectivity index (χ2n) is 8.69. The van der Waals surface area contributed by atoms with Gasteiger partial charge in [0.15, 0.2) is 0 Å². The number of halogens is 1. The van der Waals surface area contributed by atoms with E-state index in [4.69, 9.17) is 4.74 Å². The van der Waals surface area contributed by atoms with Crippen LogP contribution in [0, 0.1) is 0 Å². The molecular weight excluding hydrogens is 450 g/mol. The fourth-order valence-corrected chi connectivity index (χ4v) is 4.11. The van der Waals surface area contributed by atoms with E-state index in [9.17, 15) is 4.79 Å². The topological polar surface area (TPSA) is 38.3 Å². The summed E-state index contributed by atoms with van der Waals surface area (Å²) in [5.41, 5.74) is 0.621. The number of carbonyl (C=O) groups excluding carboxylic acids is 1. The molecule has 31 heavy (non-hydrogen) atoms.